The molecular weight excluding hydrogens is 238 g/mol. The Morgan fingerprint density at radius 3 is 2.83 bits per heavy atom. The van der Waals surface area contributed by atoms with E-state index in [1.165, 1.54) is 11.2 Å². The lowest BCUT2D eigenvalue weighted by Crippen LogP contribution is -2.42. The van der Waals surface area contributed by atoms with Crippen molar-refractivity contribution >= 4 is 12.0 Å². The van der Waals surface area contributed by atoms with Gasteiger partial charge in [-0.3, -0.25) is 9.89 Å². The average Bonchev–Trinajstić information content (AvgIpc) is 2.82. The van der Waals surface area contributed by atoms with Gasteiger partial charge in [0.15, 0.2) is 0 Å². The van der Waals surface area contributed by atoms with Crippen LogP contribution in [0.1, 0.15) is 32.1 Å². The second-order valence-corrected chi connectivity index (χ2v) is 3.77. The highest BCUT2D eigenvalue weighted by Crippen LogP contribution is 2.05. The van der Waals surface area contributed by atoms with Crippen LogP contribution in [0.3, 0.4) is 0 Å². The number of urea groups is 1. The molecule has 0 saturated heterocycles. The number of aromatic nitrogens is 3. The Morgan fingerprint density at radius 1 is 1.61 bits per heavy atom. The van der Waals surface area contributed by atoms with E-state index in [0.29, 0.717) is 12.4 Å². The summed E-state index contributed by atoms with van der Waals surface area (Å²) in [6.07, 6.45) is 1.29. The topological polar surface area (TPSA) is 111 Å². The van der Waals surface area contributed by atoms with Crippen LogP contribution < -0.4 is 5.32 Å². The fraction of sp³-hybridized carbons (Fsp3) is 0.600. The van der Waals surface area contributed by atoms with Gasteiger partial charge in [-0.2, -0.15) is 5.10 Å². The zero-order chi connectivity index (χ0) is 13.5. The van der Waals surface area contributed by atoms with Crippen molar-refractivity contribution in [3.63, 3.8) is 0 Å². The molecule has 0 aliphatic heterocycles. The molecule has 1 rings (SSSR count). The number of aliphatic carboxylic acids is 1. The summed E-state index contributed by atoms with van der Waals surface area (Å²) in [7, 11) is 0. The number of carbonyl (C=O) groups excluding carboxylic acids is 1. The van der Waals surface area contributed by atoms with Crippen molar-refractivity contribution in [2.24, 2.45) is 0 Å². The molecule has 1 aromatic rings. The molecule has 0 fully saturated rings. The Morgan fingerprint density at radius 2 is 2.33 bits per heavy atom. The highest BCUT2D eigenvalue weighted by Gasteiger charge is 2.17. The summed E-state index contributed by atoms with van der Waals surface area (Å²) in [4.78, 5) is 27.7. The summed E-state index contributed by atoms with van der Waals surface area (Å²) in [6.45, 7) is 4.19. The van der Waals surface area contributed by atoms with Crippen LogP contribution in [0.25, 0.3) is 0 Å². The number of nitrogens with zero attached hydrogens (tertiary/aromatic N) is 3. The third-order valence-electron chi connectivity index (χ3n) is 2.45. The summed E-state index contributed by atoms with van der Waals surface area (Å²) in [6, 6.07) is -0.624. The largest absolute Gasteiger partial charge is 0.481 e. The van der Waals surface area contributed by atoms with Gasteiger partial charge in [-0.15, -0.1) is 0 Å². The zero-order valence-corrected chi connectivity index (χ0v) is 10.4. The van der Waals surface area contributed by atoms with Gasteiger partial charge in [0.05, 0.1) is 12.5 Å². The molecule has 8 nitrogen and oxygen atoms in total. The van der Waals surface area contributed by atoms with Gasteiger partial charge in [0.25, 0.3) is 0 Å². The molecule has 100 valence electrons. The fourth-order valence-corrected chi connectivity index (χ4v) is 1.40. The number of H-pyrrole nitrogens is 1. The van der Waals surface area contributed by atoms with Crippen LogP contribution >= 0.6 is 0 Å². The van der Waals surface area contributed by atoms with Crippen LogP contribution in [-0.4, -0.2) is 50.3 Å². The van der Waals surface area contributed by atoms with Crippen LogP contribution in [0.4, 0.5) is 4.79 Å². The first kappa shape index (κ1) is 13.9. The molecule has 1 atom stereocenters. The zero-order valence-electron chi connectivity index (χ0n) is 10.4. The van der Waals surface area contributed by atoms with Crippen molar-refractivity contribution in [1.82, 2.24) is 25.4 Å². The molecule has 1 aromatic heterocycles. The van der Waals surface area contributed by atoms with E-state index in [0.717, 1.165) is 0 Å². The van der Waals surface area contributed by atoms with Crippen molar-refractivity contribution in [1.29, 1.82) is 0 Å². The smallest absolute Gasteiger partial charge is 0.317 e. The van der Waals surface area contributed by atoms with E-state index < -0.39 is 5.97 Å². The van der Waals surface area contributed by atoms with Gasteiger partial charge >= 0.3 is 12.0 Å². The minimum atomic E-state index is -0.926. The highest BCUT2D eigenvalue weighted by molar-refractivity contribution is 5.75. The van der Waals surface area contributed by atoms with Crippen molar-refractivity contribution in [3.05, 3.63) is 12.2 Å². The maximum atomic E-state index is 11.9. The predicted octanol–water partition coefficient (Wildman–Crippen LogP) is 0.372. The Balaban J connectivity index is 2.49. The standard InChI is InChI=1S/C10H17N5O3/c1-3-15(5-4-8(16)17)10(18)13-7(2)9-11-6-12-14-9/h6-7H,3-5H2,1-2H3,(H,13,18)(H,16,17)(H,11,12,14). The molecule has 8 heteroatoms. The number of hydrogen-bond acceptors (Lipinski definition) is 4. The summed E-state index contributed by atoms with van der Waals surface area (Å²) in [5.74, 6) is -0.373. The molecule has 3 N–H and O–H groups in total. The summed E-state index contributed by atoms with van der Waals surface area (Å²) < 4.78 is 0. The van der Waals surface area contributed by atoms with Gasteiger partial charge < -0.3 is 15.3 Å². The fourth-order valence-electron chi connectivity index (χ4n) is 1.40. The van der Waals surface area contributed by atoms with Crippen LogP contribution in [0.15, 0.2) is 6.33 Å². The number of hydrogen-bond donors (Lipinski definition) is 3. The molecule has 18 heavy (non-hydrogen) atoms. The molecule has 0 saturated carbocycles. The minimum Gasteiger partial charge on any atom is -0.481 e. The highest BCUT2D eigenvalue weighted by atomic mass is 16.4. The van der Waals surface area contributed by atoms with Crippen LogP contribution in [0.5, 0.6) is 0 Å². The Labute approximate surface area is 104 Å². The van der Waals surface area contributed by atoms with Crippen molar-refractivity contribution in [2.75, 3.05) is 13.1 Å². The van der Waals surface area contributed by atoms with E-state index in [4.69, 9.17) is 5.11 Å². The van der Waals surface area contributed by atoms with Gasteiger partial charge in [0.1, 0.15) is 12.2 Å². The van der Waals surface area contributed by atoms with Crippen molar-refractivity contribution in [2.45, 2.75) is 26.3 Å². The SMILES string of the molecule is CCN(CCC(=O)O)C(=O)NC(C)c1ncn[nH]1. The van der Waals surface area contributed by atoms with Gasteiger partial charge in [0.2, 0.25) is 0 Å². The molecule has 0 radical (unpaired) electrons. The summed E-state index contributed by atoms with van der Waals surface area (Å²) >= 11 is 0. The average molecular weight is 255 g/mol. The second kappa shape index (κ2) is 6.58. The number of amides is 2. The number of rotatable bonds is 6. The maximum Gasteiger partial charge on any atom is 0.317 e. The predicted molar refractivity (Wildman–Crippen MR) is 62.8 cm³/mol. The van der Waals surface area contributed by atoms with E-state index in [9.17, 15) is 9.59 Å². The first-order valence-corrected chi connectivity index (χ1v) is 5.67. The molecule has 2 amide bonds. The molecule has 0 spiro atoms. The second-order valence-electron chi connectivity index (χ2n) is 3.77. The molecule has 1 unspecified atom stereocenters. The molecular formula is C10H17N5O3. The molecule has 0 aliphatic rings. The van der Waals surface area contributed by atoms with Crippen LogP contribution in [0, 0.1) is 0 Å². The maximum absolute atomic E-state index is 11.9. The number of aromatic amines is 1. The van der Waals surface area contributed by atoms with Gasteiger partial charge in [-0.05, 0) is 13.8 Å². The number of carboxylic acids is 1. The van der Waals surface area contributed by atoms with E-state index in [1.807, 2.05) is 0 Å². The lowest BCUT2D eigenvalue weighted by atomic mass is 10.3. The van der Waals surface area contributed by atoms with E-state index in [-0.39, 0.29) is 25.0 Å². The van der Waals surface area contributed by atoms with Crippen molar-refractivity contribution in [3.8, 4) is 0 Å². The molecule has 0 aliphatic carbocycles. The third kappa shape index (κ3) is 4.04. The normalized spacial score (nSPS) is 11.9. The third-order valence-corrected chi connectivity index (χ3v) is 2.45. The summed E-state index contributed by atoms with van der Waals surface area (Å²) in [5, 5.41) is 17.7. The monoisotopic (exact) mass is 255 g/mol. The van der Waals surface area contributed by atoms with Gasteiger partial charge in [-0.25, -0.2) is 9.78 Å². The molecule has 1 heterocycles. The Bertz CT molecular complexity index is 392. The first-order chi connectivity index (χ1) is 8.54. The van der Waals surface area contributed by atoms with E-state index in [2.05, 4.69) is 20.5 Å². The molecule has 0 aromatic carbocycles. The minimum absolute atomic E-state index is 0.0715. The first-order valence-electron chi connectivity index (χ1n) is 5.67. The number of carbonyl (C=O) groups is 2. The number of nitrogens with one attached hydrogen (secondary N) is 2. The molecule has 0 bridgehead atoms. The van der Waals surface area contributed by atoms with E-state index >= 15 is 0 Å². The summed E-state index contributed by atoms with van der Waals surface area (Å²) in [5.41, 5.74) is 0. The Hall–Kier alpha value is -2.12. The number of carboxylic acid groups (broad SMARTS) is 1. The quantitative estimate of drug-likeness (QED) is 0.680. The Kier molecular flexibility index (Phi) is 5.09. The van der Waals surface area contributed by atoms with Crippen LogP contribution in [0.2, 0.25) is 0 Å². The van der Waals surface area contributed by atoms with Crippen molar-refractivity contribution < 1.29 is 14.7 Å². The van der Waals surface area contributed by atoms with Gasteiger partial charge in [-0.1, -0.05) is 0 Å². The van der Waals surface area contributed by atoms with Crippen LogP contribution in [-0.2, 0) is 4.79 Å². The lowest BCUT2D eigenvalue weighted by Gasteiger charge is -2.22. The lowest BCUT2D eigenvalue weighted by molar-refractivity contribution is -0.137. The van der Waals surface area contributed by atoms with E-state index in [1.54, 1.807) is 13.8 Å². The van der Waals surface area contributed by atoms with Gasteiger partial charge in [0, 0.05) is 13.1 Å².